The number of sulfonamides is 1. The van der Waals surface area contributed by atoms with Crippen molar-refractivity contribution < 1.29 is 8.42 Å². The molecule has 0 fully saturated rings. The van der Waals surface area contributed by atoms with Crippen molar-refractivity contribution in [3.8, 4) is 0 Å². The molecule has 3 nitrogen and oxygen atoms in total. The fraction of sp³-hybridized carbons (Fsp3) is 0.176. The molecule has 0 aliphatic heterocycles. The quantitative estimate of drug-likeness (QED) is 0.866. The molecule has 0 spiro atoms. The first-order chi connectivity index (χ1) is 10.4. The molecule has 0 bridgehead atoms. The van der Waals surface area contributed by atoms with Gasteiger partial charge in [0.1, 0.15) is 0 Å². The van der Waals surface area contributed by atoms with Crippen molar-refractivity contribution in [1.82, 2.24) is 0 Å². The second kappa shape index (κ2) is 6.99. The first-order valence-electron chi connectivity index (χ1n) is 6.96. The van der Waals surface area contributed by atoms with Crippen molar-refractivity contribution in [3.63, 3.8) is 0 Å². The zero-order valence-corrected chi connectivity index (χ0v) is 14.1. The Morgan fingerprint density at radius 2 is 1.82 bits per heavy atom. The monoisotopic (exact) mass is 335 g/mol. The summed E-state index contributed by atoms with van der Waals surface area (Å²) in [7, 11) is -3.56. The van der Waals surface area contributed by atoms with Crippen molar-refractivity contribution >= 4 is 33.4 Å². The molecule has 0 aliphatic carbocycles. The number of hydrogen-bond acceptors (Lipinski definition) is 2. The van der Waals surface area contributed by atoms with E-state index in [1.807, 2.05) is 32.0 Å². The van der Waals surface area contributed by atoms with Crippen LogP contribution in [0.3, 0.4) is 0 Å². The maximum Gasteiger partial charge on any atom is 0.255 e. The Labute approximate surface area is 136 Å². The molecule has 0 unspecified atom stereocenters. The summed E-state index contributed by atoms with van der Waals surface area (Å²) < 4.78 is 27.1. The molecular weight excluding hydrogens is 318 g/mol. The normalized spacial score (nSPS) is 11.8. The Balaban J connectivity index is 2.23. The molecule has 2 aromatic rings. The van der Waals surface area contributed by atoms with Gasteiger partial charge in [0.15, 0.2) is 0 Å². The van der Waals surface area contributed by atoms with Gasteiger partial charge in [0, 0.05) is 5.02 Å². The molecule has 0 aliphatic rings. The molecular formula is C17H18ClNO2S. The lowest BCUT2D eigenvalue weighted by atomic mass is 10.1. The molecule has 116 valence electrons. The van der Waals surface area contributed by atoms with Gasteiger partial charge in [-0.05, 0) is 48.2 Å². The molecule has 0 radical (unpaired) electrons. The van der Waals surface area contributed by atoms with E-state index in [1.54, 1.807) is 30.3 Å². The summed E-state index contributed by atoms with van der Waals surface area (Å²) in [5, 5.41) is 1.79. The maximum atomic E-state index is 12.2. The van der Waals surface area contributed by atoms with Gasteiger partial charge in [-0.25, -0.2) is 8.42 Å². The summed E-state index contributed by atoms with van der Waals surface area (Å²) >= 11 is 5.81. The van der Waals surface area contributed by atoms with Crippen LogP contribution >= 0.6 is 11.6 Å². The lowest BCUT2D eigenvalue weighted by molar-refractivity contribution is 0.609. The van der Waals surface area contributed by atoms with Crippen LogP contribution in [0.5, 0.6) is 0 Å². The van der Waals surface area contributed by atoms with E-state index in [0.717, 1.165) is 23.1 Å². The minimum atomic E-state index is -3.56. The molecule has 2 rings (SSSR count). The highest BCUT2D eigenvalue weighted by Crippen LogP contribution is 2.23. The van der Waals surface area contributed by atoms with E-state index in [0.29, 0.717) is 10.7 Å². The maximum absolute atomic E-state index is 12.2. The Morgan fingerprint density at radius 1 is 1.14 bits per heavy atom. The highest BCUT2D eigenvalue weighted by molar-refractivity contribution is 7.95. The van der Waals surface area contributed by atoms with Gasteiger partial charge >= 0.3 is 0 Å². The van der Waals surface area contributed by atoms with Crippen molar-refractivity contribution in [2.45, 2.75) is 20.3 Å². The van der Waals surface area contributed by atoms with Crippen LogP contribution in [0.15, 0.2) is 47.9 Å². The summed E-state index contributed by atoms with van der Waals surface area (Å²) in [6, 6.07) is 12.7. The standard InChI is InChI=1S/C17H18ClNO2S/c1-3-15-6-4-5-13(2)17(15)19-22(20,21)12-11-14-7-9-16(18)10-8-14/h4-12,19H,3H2,1-2H3/b12-11+. The van der Waals surface area contributed by atoms with Crippen molar-refractivity contribution in [2.75, 3.05) is 4.72 Å². The van der Waals surface area contributed by atoms with Crippen molar-refractivity contribution in [1.29, 1.82) is 0 Å². The minimum absolute atomic E-state index is 0.616. The molecule has 5 heteroatoms. The third-order valence-electron chi connectivity index (χ3n) is 3.29. The average molecular weight is 336 g/mol. The first kappa shape index (κ1) is 16.6. The van der Waals surface area contributed by atoms with E-state index in [2.05, 4.69) is 4.72 Å². The smallest absolute Gasteiger partial charge is 0.255 e. The Hall–Kier alpha value is -1.78. The predicted octanol–water partition coefficient (Wildman–Crippen LogP) is 4.62. The molecule has 0 aromatic heterocycles. The summed E-state index contributed by atoms with van der Waals surface area (Å²) in [6.07, 6.45) is 2.31. The number of hydrogen-bond donors (Lipinski definition) is 1. The Morgan fingerprint density at radius 3 is 2.45 bits per heavy atom. The first-order valence-corrected chi connectivity index (χ1v) is 8.88. The number of benzene rings is 2. The molecule has 0 amide bonds. The molecule has 22 heavy (non-hydrogen) atoms. The molecule has 0 saturated carbocycles. The highest BCUT2D eigenvalue weighted by atomic mass is 35.5. The predicted molar refractivity (Wildman–Crippen MR) is 93.6 cm³/mol. The lowest BCUT2D eigenvalue weighted by Gasteiger charge is -2.12. The van der Waals surface area contributed by atoms with Gasteiger partial charge in [0.05, 0.1) is 11.1 Å². The zero-order valence-electron chi connectivity index (χ0n) is 12.5. The fourth-order valence-corrected chi connectivity index (χ4v) is 3.19. The van der Waals surface area contributed by atoms with E-state index < -0.39 is 10.0 Å². The third-order valence-corrected chi connectivity index (χ3v) is 4.53. The minimum Gasteiger partial charge on any atom is -0.280 e. The van der Waals surface area contributed by atoms with Gasteiger partial charge in [0.25, 0.3) is 10.0 Å². The largest absolute Gasteiger partial charge is 0.280 e. The topological polar surface area (TPSA) is 46.2 Å². The fourth-order valence-electron chi connectivity index (χ4n) is 2.09. The van der Waals surface area contributed by atoms with Gasteiger partial charge in [-0.3, -0.25) is 4.72 Å². The van der Waals surface area contributed by atoms with Gasteiger partial charge in [-0.1, -0.05) is 48.9 Å². The zero-order chi connectivity index (χ0) is 16.2. The van der Waals surface area contributed by atoms with E-state index in [9.17, 15) is 8.42 Å². The molecule has 0 heterocycles. The number of halogens is 1. The van der Waals surface area contributed by atoms with Crippen LogP contribution in [0.25, 0.3) is 6.08 Å². The van der Waals surface area contributed by atoms with E-state index >= 15 is 0 Å². The number of anilines is 1. The van der Waals surface area contributed by atoms with Gasteiger partial charge in [-0.2, -0.15) is 0 Å². The number of para-hydroxylation sites is 1. The summed E-state index contributed by atoms with van der Waals surface area (Å²) in [4.78, 5) is 0. The van der Waals surface area contributed by atoms with Crippen LogP contribution in [0.2, 0.25) is 5.02 Å². The second-order valence-electron chi connectivity index (χ2n) is 4.96. The second-order valence-corrected chi connectivity index (χ2v) is 6.97. The summed E-state index contributed by atoms with van der Waals surface area (Å²) in [5.74, 6) is 0. The van der Waals surface area contributed by atoms with Crippen molar-refractivity contribution in [3.05, 3.63) is 69.6 Å². The molecule has 2 aromatic carbocycles. The molecule has 1 N–H and O–H groups in total. The Bertz CT molecular complexity index is 781. The van der Waals surface area contributed by atoms with E-state index in [4.69, 9.17) is 11.6 Å². The van der Waals surface area contributed by atoms with Crippen LogP contribution in [0.1, 0.15) is 23.6 Å². The van der Waals surface area contributed by atoms with Crippen LogP contribution in [0, 0.1) is 6.92 Å². The van der Waals surface area contributed by atoms with Crippen LogP contribution in [-0.4, -0.2) is 8.42 Å². The number of nitrogens with one attached hydrogen (secondary N) is 1. The van der Waals surface area contributed by atoms with Crippen LogP contribution in [0.4, 0.5) is 5.69 Å². The van der Waals surface area contributed by atoms with Crippen molar-refractivity contribution in [2.24, 2.45) is 0 Å². The van der Waals surface area contributed by atoms with Crippen LogP contribution < -0.4 is 4.72 Å². The summed E-state index contributed by atoms with van der Waals surface area (Å²) in [6.45, 7) is 3.88. The van der Waals surface area contributed by atoms with Gasteiger partial charge in [0.2, 0.25) is 0 Å². The van der Waals surface area contributed by atoms with Gasteiger partial charge < -0.3 is 0 Å². The number of aryl methyl sites for hydroxylation is 2. The number of rotatable bonds is 5. The Kier molecular flexibility index (Phi) is 5.27. The molecule has 0 saturated heterocycles. The van der Waals surface area contributed by atoms with Gasteiger partial charge in [-0.15, -0.1) is 0 Å². The van der Waals surface area contributed by atoms with Crippen LogP contribution in [-0.2, 0) is 16.4 Å². The SMILES string of the molecule is CCc1cccc(C)c1NS(=O)(=O)/C=C/c1ccc(Cl)cc1. The average Bonchev–Trinajstić information content (AvgIpc) is 2.49. The third kappa shape index (κ3) is 4.36. The summed E-state index contributed by atoms with van der Waals surface area (Å²) in [5.41, 5.74) is 3.31. The highest BCUT2D eigenvalue weighted by Gasteiger charge is 2.11. The molecule has 0 atom stereocenters. The van der Waals surface area contributed by atoms with E-state index in [1.165, 1.54) is 5.41 Å². The lowest BCUT2D eigenvalue weighted by Crippen LogP contribution is -2.11. The van der Waals surface area contributed by atoms with E-state index in [-0.39, 0.29) is 0 Å².